The molecule has 1 atom stereocenters. The minimum Gasteiger partial charge on any atom is -0.343 e. The van der Waals surface area contributed by atoms with Gasteiger partial charge >= 0.3 is 0 Å². The van der Waals surface area contributed by atoms with Crippen LogP contribution in [0.4, 0.5) is 4.39 Å². The molecule has 2 aliphatic rings. The number of ether oxygens (including phenoxy) is 2. The molecule has 3 heteroatoms. The highest BCUT2D eigenvalue weighted by Crippen LogP contribution is 2.33. The highest BCUT2D eigenvalue weighted by molar-refractivity contribution is 5.29. The fraction of sp³-hybridized carbons (Fsp3) is 0.524. The molecular formula is C21H27FO2. The number of hydrogen-bond acceptors (Lipinski definition) is 2. The normalized spacial score (nSPS) is 24.1. The van der Waals surface area contributed by atoms with Crippen LogP contribution >= 0.6 is 0 Å². The van der Waals surface area contributed by atoms with Gasteiger partial charge < -0.3 is 9.47 Å². The van der Waals surface area contributed by atoms with Gasteiger partial charge in [0, 0.05) is 5.56 Å². The van der Waals surface area contributed by atoms with Gasteiger partial charge in [0.05, 0.1) is 19.0 Å². The number of allylic oxidation sites excluding steroid dienone is 3. The van der Waals surface area contributed by atoms with Crippen LogP contribution in [-0.4, -0.2) is 13.2 Å². The number of halogens is 1. The van der Waals surface area contributed by atoms with Crippen LogP contribution in [0.25, 0.3) is 0 Å². The molecule has 0 spiro atoms. The molecule has 1 aliphatic heterocycles. The largest absolute Gasteiger partial charge is 0.343 e. The molecule has 130 valence electrons. The Kier molecular flexibility index (Phi) is 5.85. The summed E-state index contributed by atoms with van der Waals surface area (Å²) >= 11 is 0. The van der Waals surface area contributed by atoms with E-state index in [1.54, 1.807) is 6.08 Å². The summed E-state index contributed by atoms with van der Waals surface area (Å²) in [6.45, 7) is 3.43. The van der Waals surface area contributed by atoms with Crippen molar-refractivity contribution in [1.29, 1.82) is 0 Å². The quantitative estimate of drug-likeness (QED) is 0.669. The van der Waals surface area contributed by atoms with E-state index in [0.29, 0.717) is 12.3 Å². The van der Waals surface area contributed by atoms with E-state index in [2.05, 4.69) is 24.3 Å². The van der Waals surface area contributed by atoms with Crippen LogP contribution in [0.1, 0.15) is 50.2 Å². The van der Waals surface area contributed by atoms with E-state index in [4.69, 9.17) is 9.47 Å². The molecule has 0 aromatic heterocycles. The molecule has 1 fully saturated rings. The van der Waals surface area contributed by atoms with Crippen LogP contribution in [0.5, 0.6) is 0 Å². The minimum atomic E-state index is -0.725. The van der Waals surface area contributed by atoms with Gasteiger partial charge in [0.25, 0.3) is 0 Å². The second-order valence-electron chi connectivity index (χ2n) is 6.74. The zero-order valence-electron chi connectivity index (χ0n) is 14.5. The molecule has 3 rings (SSSR count). The second kappa shape index (κ2) is 8.09. The van der Waals surface area contributed by atoms with Crippen LogP contribution in [0.2, 0.25) is 0 Å². The number of hydrogen-bond donors (Lipinski definition) is 0. The standard InChI is InChI=1S/C21H27FO2/c1-2-14-21(23-15-3-16-24-21)19-10-6-17(7-11-19)4-5-18-8-12-20(22)13-9-18/h2,6-7,10-12,14,18H,3-5,8-9,13,15-16H2,1H3/b14-2+. The summed E-state index contributed by atoms with van der Waals surface area (Å²) in [6, 6.07) is 8.56. The molecule has 0 N–H and O–H groups in total. The summed E-state index contributed by atoms with van der Waals surface area (Å²) in [5, 5.41) is 0. The molecule has 1 saturated heterocycles. The molecule has 1 aliphatic carbocycles. The lowest BCUT2D eigenvalue weighted by molar-refractivity contribution is -0.244. The van der Waals surface area contributed by atoms with Gasteiger partial charge in [0.2, 0.25) is 5.79 Å². The van der Waals surface area contributed by atoms with Crippen molar-refractivity contribution in [2.45, 2.75) is 51.2 Å². The third-order valence-corrected chi connectivity index (χ3v) is 4.97. The molecular weight excluding hydrogens is 303 g/mol. The molecule has 0 amide bonds. The van der Waals surface area contributed by atoms with Gasteiger partial charge in [-0.2, -0.15) is 0 Å². The monoisotopic (exact) mass is 330 g/mol. The smallest absolute Gasteiger partial charge is 0.215 e. The zero-order valence-corrected chi connectivity index (χ0v) is 14.5. The second-order valence-corrected chi connectivity index (χ2v) is 6.74. The first-order chi connectivity index (χ1) is 11.7. The Labute approximate surface area is 144 Å². The predicted octanol–water partition coefficient (Wildman–Crippen LogP) is 5.44. The van der Waals surface area contributed by atoms with E-state index in [0.717, 1.165) is 50.9 Å². The SMILES string of the molecule is C/C=C/C1(c2ccc(CCC3CC=C(F)CC3)cc2)OCCCO1. The van der Waals surface area contributed by atoms with Crippen molar-refractivity contribution in [1.82, 2.24) is 0 Å². The average molecular weight is 330 g/mol. The number of rotatable bonds is 5. The lowest BCUT2D eigenvalue weighted by atomic mass is 9.88. The highest BCUT2D eigenvalue weighted by Gasteiger charge is 2.33. The molecule has 0 saturated carbocycles. The van der Waals surface area contributed by atoms with Crippen LogP contribution in [0.15, 0.2) is 48.3 Å². The topological polar surface area (TPSA) is 18.5 Å². The lowest BCUT2D eigenvalue weighted by Gasteiger charge is -2.35. The fourth-order valence-electron chi connectivity index (χ4n) is 3.52. The van der Waals surface area contributed by atoms with Gasteiger partial charge in [-0.1, -0.05) is 36.4 Å². The molecule has 1 aromatic rings. The molecule has 2 nitrogen and oxygen atoms in total. The molecule has 1 unspecified atom stereocenters. The first kappa shape index (κ1) is 17.4. The van der Waals surface area contributed by atoms with E-state index >= 15 is 0 Å². The average Bonchev–Trinajstić information content (AvgIpc) is 2.63. The summed E-state index contributed by atoms with van der Waals surface area (Å²) in [6.07, 6.45) is 11.3. The highest BCUT2D eigenvalue weighted by atomic mass is 19.1. The number of aryl methyl sites for hydroxylation is 1. The third kappa shape index (κ3) is 4.14. The van der Waals surface area contributed by atoms with Crippen molar-refractivity contribution in [3.63, 3.8) is 0 Å². The van der Waals surface area contributed by atoms with Gasteiger partial charge in [-0.05, 0) is 63.0 Å². The summed E-state index contributed by atoms with van der Waals surface area (Å²) < 4.78 is 25.0. The third-order valence-electron chi connectivity index (χ3n) is 4.97. The molecule has 24 heavy (non-hydrogen) atoms. The van der Waals surface area contributed by atoms with Crippen molar-refractivity contribution in [3.05, 3.63) is 59.4 Å². The fourth-order valence-corrected chi connectivity index (χ4v) is 3.52. The Morgan fingerprint density at radius 1 is 1.21 bits per heavy atom. The Morgan fingerprint density at radius 3 is 2.58 bits per heavy atom. The molecule has 1 heterocycles. The zero-order chi connectivity index (χ0) is 16.8. The van der Waals surface area contributed by atoms with Crippen molar-refractivity contribution >= 4 is 0 Å². The summed E-state index contributed by atoms with van der Waals surface area (Å²) in [7, 11) is 0. The Balaban J connectivity index is 1.62. The van der Waals surface area contributed by atoms with E-state index in [-0.39, 0.29) is 5.83 Å². The van der Waals surface area contributed by atoms with Crippen molar-refractivity contribution in [2.75, 3.05) is 13.2 Å². The Morgan fingerprint density at radius 2 is 1.96 bits per heavy atom. The molecule has 1 aromatic carbocycles. The van der Waals surface area contributed by atoms with E-state index < -0.39 is 5.79 Å². The first-order valence-corrected chi connectivity index (χ1v) is 9.07. The molecule has 0 bridgehead atoms. The van der Waals surface area contributed by atoms with Crippen molar-refractivity contribution < 1.29 is 13.9 Å². The van der Waals surface area contributed by atoms with E-state index in [1.807, 2.05) is 19.1 Å². The molecule has 0 radical (unpaired) electrons. The van der Waals surface area contributed by atoms with Crippen LogP contribution in [0, 0.1) is 5.92 Å². The summed E-state index contributed by atoms with van der Waals surface area (Å²) in [5.74, 6) is -0.0436. The van der Waals surface area contributed by atoms with Crippen molar-refractivity contribution in [2.24, 2.45) is 5.92 Å². The maximum Gasteiger partial charge on any atom is 0.215 e. The summed E-state index contributed by atoms with van der Waals surface area (Å²) in [5.41, 5.74) is 2.37. The lowest BCUT2D eigenvalue weighted by Crippen LogP contribution is -2.36. The van der Waals surface area contributed by atoms with E-state index in [9.17, 15) is 4.39 Å². The van der Waals surface area contributed by atoms with Gasteiger partial charge in [-0.25, -0.2) is 4.39 Å². The van der Waals surface area contributed by atoms with Crippen molar-refractivity contribution in [3.8, 4) is 0 Å². The summed E-state index contributed by atoms with van der Waals surface area (Å²) in [4.78, 5) is 0. The van der Waals surface area contributed by atoms with Gasteiger partial charge in [0.15, 0.2) is 0 Å². The predicted molar refractivity (Wildman–Crippen MR) is 94.3 cm³/mol. The maximum atomic E-state index is 13.1. The van der Waals surface area contributed by atoms with E-state index in [1.165, 1.54) is 5.56 Å². The van der Waals surface area contributed by atoms with Gasteiger partial charge in [-0.15, -0.1) is 0 Å². The minimum absolute atomic E-state index is 0.0670. The number of benzene rings is 1. The van der Waals surface area contributed by atoms with Crippen LogP contribution in [0.3, 0.4) is 0 Å². The van der Waals surface area contributed by atoms with Crippen LogP contribution in [-0.2, 0) is 21.7 Å². The Hall–Kier alpha value is -1.45. The maximum absolute atomic E-state index is 13.1. The van der Waals surface area contributed by atoms with Gasteiger partial charge in [-0.3, -0.25) is 0 Å². The Bertz CT molecular complexity index is 582. The first-order valence-electron chi connectivity index (χ1n) is 9.07. The van der Waals surface area contributed by atoms with Crippen LogP contribution < -0.4 is 0 Å². The van der Waals surface area contributed by atoms with Gasteiger partial charge in [0.1, 0.15) is 0 Å².